The first-order valence-electron chi connectivity index (χ1n) is 9.71. The maximum atomic E-state index is 12.4. The largest absolute Gasteiger partial charge is 0.336 e. The van der Waals surface area contributed by atoms with E-state index in [0.717, 1.165) is 27.3 Å². The lowest BCUT2D eigenvalue weighted by Crippen LogP contribution is -2.23. The number of sulfone groups is 1. The molecule has 3 N–H and O–H groups in total. The number of anilines is 1. The Bertz CT molecular complexity index is 1390. The number of nitrogens with zero attached hydrogens (tertiary/aromatic N) is 3. The van der Waals surface area contributed by atoms with Crippen molar-refractivity contribution in [3.8, 4) is 0 Å². The molecule has 0 aliphatic heterocycles. The standard InChI is InChI=1S/C21H23N5O5S2/c1-15-3-7-17(8-4-15)19(27)11-12-32(28,29)13-20-23-24-21(26(20)22)14-33(30,31)25-18-9-5-16(2)6-10-18/h3-12,25H,13-14,22H2,1-2H3/b12-11+. The van der Waals surface area contributed by atoms with Gasteiger partial charge in [-0.1, -0.05) is 47.5 Å². The summed E-state index contributed by atoms with van der Waals surface area (Å²) in [4.78, 5) is 12.2. The van der Waals surface area contributed by atoms with Crippen LogP contribution >= 0.6 is 0 Å². The van der Waals surface area contributed by atoms with Crippen LogP contribution in [0.2, 0.25) is 0 Å². The predicted octanol–water partition coefficient (Wildman–Crippen LogP) is 1.86. The molecule has 0 aliphatic carbocycles. The molecule has 0 bridgehead atoms. The van der Waals surface area contributed by atoms with Gasteiger partial charge in [0.25, 0.3) is 0 Å². The zero-order valence-corrected chi connectivity index (χ0v) is 19.6. The number of rotatable bonds is 9. The number of nitrogens with two attached hydrogens (primary N) is 1. The molecule has 12 heteroatoms. The van der Waals surface area contributed by atoms with E-state index >= 15 is 0 Å². The van der Waals surface area contributed by atoms with Gasteiger partial charge in [-0.05, 0) is 32.1 Å². The van der Waals surface area contributed by atoms with Crippen LogP contribution < -0.4 is 10.6 Å². The molecule has 0 amide bonds. The molecule has 0 unspecified atom stereocenters. The van der Waals surface area contributed by atoms with Gasteiger partial charge in [-0.2, -0.15) is 0 Å². The summed E-state index contributed by atoms with van der Waals surface area (Å²) < 4.78 is 52.9. The van der Waals surface area contributed by atoms with Crippen molar-refractivity contribution in [1.82, 2.24) is 14.9 Å². The van der Waals surface area contributed by atoms with Gasteiger partial charge < -0.3 is 5.84 Å². The molecule has 0 spiro atoms. The van der Waals surface area contributed by atoms with Crippen LogP contribution in [0.1, 0.15) is 33.1 Å². The summed E-state index contributed by atoms with van der Waals surface area (Å²) in [5, 5.41) is 8.18. The van der Waals surface area contributed by atoms with Crippen LogP contribution in [0.25, 0.3) is 0 Å². The van der Waals surface area contributed by atoms with Crippen molar-refractivity contribution >= 4 is 31.3 Å². The summed E-state index contributed by atoms with van der Waals surface area (Å²) in [5.74, 6) is 3.80. The van der Waals surface area contributed by atoms with Crippen molar-refractivity contribution in [3.63, 3.8) is 0 Å². The lowest BCUT2D eigenvalue weighted by molar-refractivity contribution is 0.104. The smallest absolute Gasteiger partial charge is 0.240 e. The molecule has 3 aromatic rings. The number of hydrogen-bond acceptors (Lipinski definition) is 8. The number of ketones is 1. The Hall–Kier alpha value is -3.51. The van der Waals surface area contributed by atoms with E-state index in [-0.39, 0.29) is 11.6 Å². The third kappa shape index (κ3) is 6.73. The van der Waals surface area contributed by atoms with Crippen molar-refractivity contribution < 1.29 is 21.6 Å². The first-order valence-corrected chi connectivity index (χ1v) is 13.1. The SMILES string of the molecule is Cc1ccc(NS(=O)(=O)Cc2nnc(CS(=O)(=O)/C=C/C(=O)c3ccc(C)cc3)n2N)cc1. The molecule has 3 rings (SSSR count). The molecule has 0 fully saturated rings. The molecule has 1 heterocycles. The third-order valence-electron chi connectivity index (χ3n) is 4.57. The number of carbonyl (C=O) groups is 1. The highest BCUT2D eigenvalue weighted by molar-refractivity contribution is 7.93. The Morgan fingerprint density at radius 1 is 0.909 bits per heavy atom. The van der Waals surface area contributed by atoms with Gasteiger partial charge in [0.1, 0.15) is 11.5 Å². The fraction of sp³-hybridized carbons (Fsp3) is 0.190. The van der Waals surface area contributed by atoms with E-state index in [1.54, 1.807) is 48.5 Å². The molecule has 1 aromatic heterocycles. The number of hydrogen-bond donors (Lipinski definition) is 2. The number of aryl methyl sites for hydroxylation is 2. The first kappa shape index (κ1) is 24.1. The van der Waals surface area contributed by atoms with Crippen molar-refractivity contribution in [3.05, 3.63) is 88.4 Å². The van der Waals surface area contributed by atoms with Gasteiger partial charge in [0.05, 0.1) is 0 Å². The summed E-state index contributed by atoms with van der Waals surface area (Å²) >= 11 is 0. The lowest BCUT2D eigenvalue weighted by Gasteiger charge is -2.08. The van der Waals surface area contributed by atoms with Gasteiger partial charge in [-0.15, -0.1) is 10.2 Å². The Balaban J connectivity index is 1.68. The van der Waals surface area contributed by atoms with Gasteiger partial charge in [-0.25, -0.2) is 21.5 Å². The second kappa shape index (κ2) is 9.55. The van der Waals surface area contributed by atoms with Crippen molar-refractivity contribution in [2.24, 2.45) is 0 Å². The van der Waals surface area contributed by atoms with E-state index in [1.165, 1.54) is 0 Å². The Morgan fingerprint density at radius 3 is 2.00 bits per heavy atom. The van der Waals surface area contributed by atoms with Gasteiger partial charge in [0.15, 0.2) is 27.3 Å². The molecule has 0 saturated carbocycles. The molecular formula is C21H23N5O5S2. The second-order valence-corrected chi connectivity index (χ2v) is 11.1. The number of sulfonamides is 1. The molecular weight excluding hydrogens is 466 g/mol. The Kier molecular flexibility index (Phi) is 6.98. The maximum Gasteiger partial charge on any atom is 0.240 e. The monoisotopic (exact) mass is 489 g/mol. The highest BCUT2D eigenvalue weighted by Crippen LogP contribution is 2.14. The summed E-state index contributed by atoms with van der Waals surface area (Å²) in [6.45, 7) is 3.74. The van der Waals surface area contributed by atoms with Gasteiger partial charge in [0, 0.05) is 16.7 Å². The maximum absolute atomic E-state index is 12.4. The molecule has 33 heavy (non-hydrogen) atoms. The molecule has 174 valence electrons. The van der Waals surface area contributed by atoms with Crippen LogP contribution in [-0.2, 0) is 31.4 Å². The van der Waals surface area contributed by atoms with E-state index in [4.69, 9.17) is 5.84 Å². The quantitative estimate of drug-likeness (QED) is 0.262. The van der Waals surface area contributed by atoms with Crippen molar-refractivity contribution in [2.75, 3.05) is 10.6 Å². The molecule has 0 aliphatic rings. The number of carbonyl (C=O) groups excluding carboxylic acids is 1. The highest BCUT2D eigenvalue weighted by Gasteiger charge is 2.21. The van der Waals surface area contributed by atoms with Crippen LogP contribution in [0.3, 0.4) is 0 Å². The number of allylic oxidation sites excluding steroid dienone is 1. The molecule has 2 aromatic carbocycles. The molecule has 0 radical (unpaired) electrons. The number of aromatic nitrogens is 3. The molecule has 0 atom stereocenters. The van der Waals surface area contributed by atoms with Crippen LogP contribution in [-0.4, -0.2) is 37.5 Å². The van der Waals surface area contributed by atoms with Crippen LogP contribution in [0, 0.1) is 13.8 Å². The van der Waals surface area contributed by atoms with E-state index in [0.29, 0.717) is 11.3 Å². The molecule has 10 nitrogen and oxygen atoms in total. The van der Waals surface area contributed by atoms with E-state index in [2.05, 4.69) is 14.9 Å². The topological polar surface area (TPSA) is 154 Å². The van der Waals surface area contributed by atoms with Gasteiger partial charge in [0.2, 0.25) is 10.0 Å². The van der Waals surface area contributed by atoms with Crippen molar-refractivity contribution in [1.29, 1.82) is 0 Å². The fourth-order valence-electron chi connectivity index (χ4n) is 2.77. The number of nitrogen functional groups attached to an aromatic ring is 1. The Morgan fingerprint density at radius 2 is 1.42 bits per heavy atom. The fourth-order valence-corrected chi connectivity index (χ4v) is 4.86. The normalized spacial score (nSPS) is 12.2. The zero-order chi connectivity index (χ0) is 24.2. The minimum atomic E-state index is -3.92. The van der Waals surface area contributed by atoms with E-state index in [1.807, 2.05) is 13.8 Å². The summed E-state index contributed by atoms with van der Waals surface area (Å²) in [5.41, 5.74) is 2.66. The summed E-state index contributed by atoms with van der Waals surface area (Å²) in [7, 11) is -7.79. The average molecular weight is 490 g/mol. The molecule has 0 saturated heterocycles. The number of benzene rings is 2. The van der Waals surface area contributed by atoms with Crippen LogP contribution in [0.4, 0.5) is 5.69 Å². The predicted molar refractivity (Wildman–Crippen MR) is 125 cm³/mol. The minimum absolute atomic E-state index is 0.139. The third-order valence-corrected chi connectivity index (χ3v) is 6.97. The van der Waals surface area contributed by atoms with Gasteiger partial charge >= 0.3 is 0 Å². The highest BCUT2D eigenvalue weighted by atomic mass is 32.2. The Labute approximate surface area is 192 Å². The summed E-state index contributed by atoms with van der Waals surface area (Å²) in [6.07, 6.45) is 0.952. The van der Waals surface area contributed by atoms with Crippen LogP contribution in [0.5, 0.6) is 0 Å². The average Bonchev–Trinajstić information content (AvgIpc) is 3.06. The van der Waals surface area contributed by atoms with Crippen LogP contribution in [0.15, 0.2) is 60.0 Å². The first-order chi connectivity index (χ1) is 15.4. The minimum Gasteiger partial charge on any atom is -0.336 e. The second-order valence-electron chi connectivity index (χ2n) is 7.47. The van der Waals surface area contributed by atoms with Crippen molar-refractivity contribution in [2.45, 2.75) is 25.4 Å². The zero-order valence-electron chi connectivity index (χ0n) is 18.0. The van der Waals surface area contributed by atoms with Gasteiger partial charge in [-0.3, -0.25) is 9.52 Å². The van der Waals surface area contributed by atoms with E-state index in [9.17, 15) is 21.6 Å². The lowest BCUT2D eigenvalue weighted by atomic mass is 10.1. The summed E-state index contributed by atoms with van der Waals surface area (Å²) in [6, 6.07) is 13.4. The number of nitrogens with one attached hydrogen (secondary N) is 1. The van der Waals surface area contributed by atoms with E-state index < -0.39 is 37.1 Å².